The summed E-state index contributed by atoms with van der Waals surface area (Å²) in [5.74, 6) is -0.0771. The number of pyridine rings is 1. The van der Waals surface area contributed by atoms with Crippen molar-refractivity contribution in [3.63, 3.8) is 0 Å². The van der Waals surface area contributed by atoms with Crippen molar-refractivity contribution >= 4 is 5.91 Å². The third-order valence-corrected chi connectivity index (χ3v) is 4.51. The molecule has 0 saturated heterocycles. The zero-order valence-electron chi connectivity index (χ0n) is 14.7. The van der Waals surface area contributed by atoms with Crippen LogP contribution >= 0.6 is 0 Å². The predicted molar refractivity (Wildman–Crippen MR) is 95.2 cm³/mol. The van der Waals surface area contributed by atoms with Gasteiger partial charge in [0, 0.05) is 37.9 Å². The van der Waals surface area contributed by atoms with Crippen molar-refractivity contribution in [1.29, 1.82) is 0 Å². The van der Waals surface area contributed by atoms with Crippen molar-refractivity contribution in [2.45, 2.75) is 25.8 Å². The molecule has 3 aromatic rings. The number of nitrogens with zero attached hydrogens (tertiary/aromatic N) is 5. The van der Waals surface area contributed by atoms with Gasteiger partial charge in [-0.25, -0.2) is 4.98 Å². The average Bonchev–Trinajstić information content (AvgIpc) is 3.24. The number of rotatable bonds is 4. The molecule has 0 N–H and O–H groups in total. The van der Waals surface area contributed by atoms with Gasteiger partial charge in [-0.2, -0.15) is 0 Å². The van der Waals surface area contributed by atoms with Gasteiger partial charge in [0.25, 0.3) is 5.91 Å². The highest BCUT2D eigenvalue weighted by Gasteiger charge is 2.27. The summed E-state index contributed by atoms with van der Waals surface area (Å²) in [6, 6.07) is 9.81. The van der Waals surface area contributed by atoms with Gasteiger partial charge in [0.05, 0.1) is 37.8 Å². The standard InChI is InChI=1S/C19H21N5O2/c1-22-12-18(21-14-22)19(25)24-9-16-6-4-8-23(16)10-17(11-24)26-13-15-5-2-3-7-20-15/h2-8,12,14,17H,9-11,13H2,1H3. The Labute approximate surface area is 151 Å². The fraction of sp³-hybridized carbons (Fsp3) is 0.316. The highest BCUT2D eigenvalue weighted by molar-refractivity contribution is 5.92. The number of aromatic nitrogens is 4. The van der Waals surface area contributed by atoms with Crippen molar-refractivity contribution < 1.29 is 9.53 Å². The van der Waals surface area contributed by atoms with Crippen LogP contribution in [-0.2, 0) is 31.5 Å². The van der Waals surface area contributed by atoms with Gasteiger partial charge >= 0.3 is 0 Å². The van der Waals surface area contributed by atoms with Crippen LogP contribution in [0.1, 0.15) is 21.9 Å². The zero-order chi connectivity index (χ0) is 17.9. The molecule has 4 rings (SSSR count). The minimum Gasteiger partial charge on any atom is -0.368 e. The van der Waals surface area contributed by atoms with E-state index >= 15 is 0 Å². The number of imidazole rings is 1. The third-order valence-electron chi connectivity index (χ3n) is 4.51. The number of fused-ring (bicyclic) bond motifs is 1. The monoisotopic (exact) mass is 351 g/mol. The van der Waals surface area contributed by atoms with Gasteiger partial charge < -0.3 is 18.8 Å². The summed E-state index contributed by atoms with van der Waals surface area (Å²) < 4.78 is 10.0. The molecule has 1 amide bonds. The van der Waals surface area contributed by atoms with Crippen LogP contribution in [0.2, 0.25) is 0 Å². The summed E-state index contributed by atoms with van der Waals surface area (Å²) in [4.78, 5) is 23.2. The Morgan fingerprint density at radius 1 is 1.23 bits per heavy atom. The third kappa shape index (κ3) is 3.52. The van der Waals surface area contributed by atoms with E-state index in [4.69, 9.17) is 4.74 Å². The molecule has 0 saturated carbocycles. The number of hydrogen-bond acceptors (Lipinski definition) is 4. The van der Waals surface area contributed by atoms with E-state index in [0.717, 1.165) is 11.4 Å². The molecule has 0 fully saturated rings. The van der Waals surface area contributed by atoms with E-state index in [1.807, 2.05) is 48.5 Å². The summed E-state index contributed by atoms with van der Waals surface area (Å²) in [7, 11) is 1.86. The van der Waals surface area contributed by atoms with E-state index in [9.17, 15) is 4.79 Å². The van der Waals surface area contributed by atoms with Crippen molar-refractivity contribution in [2.24, 2.45) is 7.05 Å². The Morgan fingerprint density at radius 2 is 2.15 bits per heavy atom. The van der Waals surface area contributed by atoms with E-state index in [1.54, 1.807) is 23.3 Å². The van der Waals surface area contributed by atoms with Gasteiger partial charge in [-0.05, 0) is 24.3 Å². The number of ether oxygens (including phenoxy) is 1. The first-order chi connectivity index (χ1) is 12.7. The number of aryl methyl sites for hydroxylation is 1. The van der Waals surface area contributed by atoms with E-state index < -0.39 is 0 Å². The van der Waals surface area contributed by atoms with Gasteiger partial charge in [0.15, 0.2) is 0 Å². The first-order valence-corrected chi connectivity index (χ1v) is 8.62. The smallest absolute Gasteiger partial charge is 0.274 e. The molecule has 0 radical (unpaired) electrons. The minimum absolute atomic E-state index is 0.0771. The van der Waals surface area contributed by atoms with Crippen LogP contribution in [0.25, 0.3) is 0 Å². The molecule has 26 heavy (non-hydrogen) atoms. The molecule has 0 aromatic carbocycles. The van der Waals surface area contributed by atoms with Crippen LogP contribution in [0, 0.1) is 0 Å². The molecule has 4 heterocycles. The fourth-order valence-electron chi connectivity index (χ4n) is 3.19. The summed E-state index contributed by atoms with van der Waals surface area (Å²) >= 11 is 0. The van der Waals surface area contributed by atoms with Gasteiger partial charge in [0.2, 0.25) is 0 Å². The number of carbonyl (C=O) groups excluding carboxylic acids is 1. The van der Waals surface area contributed by atoms with E-state index in [1.165, 1.54) is 0 Å². The summed E-state index contributed by atoms with van der Waals surface area (Å²) in [6.45, 7) is 2.20. The Hall–Kier alpha value is -2.93. The van der Waals surface area contributed by atoms with Crippen LogP contribution < -0.4 is 0 Å². The molecule has 7 heteroatoms. The molecule has 1 atom stereocenters. The summed E-state index contributed by atoms with van der Waals surface area (Å²) in [5, 5.41) is 0. The lowest BCUT2D eigenvalue weighted by atomic mass is 10.3. The topological polar surface area (TPSA) is 65.2 Å². The normalized spacial score (nSPS) is 17.0. The van der Waals surface area contributed by atoms with Gasteiger partial charge in [-0.15, -0.1) is 0 Å². The van der Waals surface area contributed by atoms with E-state index in [-0.39, 0.29) is 12.0 Å². The molecule has 0 aliphatic carbocycles. The quantitative estimate of drug-likeness (QED) is 0.720. The Bertz CT molecular complexity index is 886. The maximum Gasteiger partial charge on any atom is 0.274 e. The van der Waals surface area contributed by atoms with Crippen LogP contribution in [0.4, 0.5) is 0 Å². The van der Waals surface area contributed by atoms with Crippen molar-refractivity contribution in [1.82, 2.24) is 24.0 Å². The largest absolute Gasteiger partial charge is 0.368 e. The highest BCUT2D eigenvalue weighted by Crippen LogP contribution is 2.18. The molecule has 0 bridgehead atoms. The summed E-state index contributed by atoms with van der Waals surface area (Å²) in [5.41, 5.74) is 2.43. The second-order valence-corrected chi connectivity index (χ2v) is 6.52. The lowest BCUT2D eigenvalue weighted by Crippen LogP contribution is -2.37. The van der Waals surface area contributed by atoms with Crippen LogP contribution in [0.5, 0.6) is 0 Å². The molecule has 3 aromatic heterocycles. The lowest BCUT2D eigenvalue weighted by molar-refractivity contribution is 0.00910. The Morgan fingerprint density at radius 3 is 2.92 bits per heavy atom. The minimum atomic E-state index is -0.113. The molecule has 0 spiro atoms. The van der Waals surface area contributed by atoms with Gasteiger partial charge in [-0.1, -0.05) is 6.07 Å². The van der Waals surface area contributed by atoms with Crippen molar-refractivity contribution in [3.8, 4) is 0 Å². The molecule has 1 aliphatic rings. The first kappa shape index (κ1) is 16.5. The van der Waals surface area contributed by atoms with Crippen molar-refractivity contribution in [3.05, 3.63) is 72.3 Å². The van der Waals surface area contributed by atoms with Crippen LogP contribution in [0.3, 0.4) is 0 Å². The number of carbonyl (C=O) groups is 1. The molecule has 1 unspecified atom stereocenters. The zero-order valence-corrected chi connectivity index (χ0v) is 14.7. The van der Waals surface area contributed by atoms with Crippen LogP contribution in [0.15, 0.2) is 55.2 Å². The fourth-order valence-corrected chi connectivity index (χ4v) is 3.19. The maximum atomic E-state index is 12.9. The molecule has 7 nitrogen and oxygen atoms in total. The molecular weight excluding hydrogens is 330 g/mol. The highest BCUT2D eigenvalue weighted by atomic mass is 16.5. The first-order valence-electron chi connectivity index (χ1n) is 8.62. The summed E-state index contributed by atoms with van der Waals surface area (Å²) in [6.07, 6.45) is 7.06. The molecular formula is C19H21N5O2. The molecule has 134 valence electrons. The Balaban J connectivity index is 1.52. The van der Waals surface area contributed by atoms with E-state index in [0.29, 0.717) is 31.9 Å². The lowest BCUT2D eigenvalue weighted by Gasteiger charge is -2.23. The van der Waals surface area contributed by atoms with Gasteiger partial charge in [-0.3, -0.25) is 9.78 Å². The van der Waals surface area contributed by atoms with Crippen LogP contribution in [-0.4, -0.2) is 42.6 Å². The number of amides is 1. The number of hydrogen-bond donors (Lipinski definition) is 0. The van der Waals surface area contributed by atoms with E-state index in [2.05, 4.69) is 14.5 Å². The second-order valence-electron chi connectivity index (χ2n) is 6.52. The average molecular weight is 351 g/mol. The predicted octanol–water partition coefficient (Wildman–Crippen LogP) is 1.86. The maximum absolute atomic E-state index is 12.9. The SMILES string of the molecule is Cn1cnc(C(=O)N2Cc3cccn3CC(OCc3ccccn3)C2)c1. The van der Waals surface area contributed by atoms with Gasteiger partial charge in [0.1, 0.15) is 5.69 Å². The second kappa shape index (κ2) is 7.13. The Kier molecular flexibility index (Phi) is 4.53. The molecule has 1 aliphatic heterocycles. The van der Waals surface area contributed by atoms with Crippen molar-refractivity contribution in [2.75, 3.05) is 6.54 Å².